The number of rotatable bonds is 1. The fourth-order valence-corrected chi connectivity index (χ4v) is 2.68. The minimum Gasteiger partial charge on any atom is -0.321 e. The molecule has 1 amide bonds. The van der Waals surface area contributed by atoms with E-state index in [1.54, 1.807) is 24.3 Å². The van der Waals surface area contributed by atoms with E-state index in [2.05, 4.69) is 5.32 Å². The number of aryl methyl sites for hydroxylation is 1. The summed E-state index contributed by atoms with van der Waals surface area (Å²) in [5, 5.41) is 3.95. The van der Waals surface area contributed by atoms with Crippen molar-refractivity contribution in [2.24, 2.45) is 0 Å². The zero-order valence-electron chi connectivity index (χ0n) is 10.7. The zero-order chi connectivity index (χ0) is 14.3. The fraction of sp³-hybridized carbons (Fsp3) is 0.0625. The van der Waals surface area contributed by atoms with Crippen molar-refractivity contribution in [2.45, 2.75) is 6.92 Å². The van der Waals surface area contributed by atoms with Crippen LogP contribution >= 0.6 is 23.2 Å². The van der Waals surface area contributed by atoms with Crippen LogP contribution in [0.5, 0.6) is 0 Å². The Kier molecular flexibility index (Phi) is 3.28. The maximum Gasteiger partial charge on any atom is 0.256 e. The van der Waals surface area contributed by atoms with Gasteiger partial charge in [-0.2, -0.15) is 0 Å². The molecule has 2 nitrogen and oxygen atoms in total. The molecule has 1 heterocycles. The Morgan fingerprint density at radius 3 is 2.65 bits per heavy atom. The summed E-state index contributed by atoms with van der Waals surface area (Å²) in [6.07, 6.45) is 1.79. The molecule has 0 saturated heterocycles. The van der Waals surface area contributed by atoms with Gasteiger partial charge in [0.2, 0.25) is 0 Å². The highest BCUT2D eigenvalue weighted by Crippen LogP contribution is 2.35. The molecular weight excluding hydrogens is 293 g/mol. The normalized spacial score (nSPS) is 15.3. The Bertz CT molecular complexity index is 750. The predicted octanol–water partition coefficient (Wildman–Crippen LogP) is 4.79. The quantitative estimate of drug-likeness (QED) is 0.754. The van der Waals surface area contributed by atoms with Crippen molar-refractivity contribution >= 4 is 46.4 Å². The molecule has 0 aromatic heterocycles. The molecular formula is C16H11Cl2NO. The highest BCUT2D eigenvalue weighted by atomic mass is 35.5. The summed E-state index contributed by atoms with van der Waals surface area (Å²) in [6, 6.07) is 11.1. The molecule has 20 heavy (non-hydrogen) atoms. The van der Waals surface area contributed by atoms with Crippen molar-refractivity contribution < 1.29 is 4.79 Å². The van der Waals surface area contributed by atoms with Crippen LogP contribution < -0.4 is 5.32 Å². The van der Waals surface area contributed by atoms with Gasteiger partial charge in [0, 0.05) is 26.9 Å². The number of carbonyl (C=O) groups is 1. The van der Waals surface area contributed by atoms with Crippen molar-refractivity contribution in [1.82, 2.24) is 0 Å². The van der Waals surface area contributed by atoms with Crippen molar-refractivity contribution in [1.29, 1.82) is 0 Å². The molecule has 0 aliphatic carbocycles. The molecule has 100 valence electrons. The van der Waals surface area contributed by atoms with Gasteiger partial charge in [0.05, 0.1) is 0 Å². The lowest BCUT2D eigenvalue weighted by Gasteiger charge is -2.02. The minimum atomic E-state index is -0.114. The smallest absolute Gasteiger partial charge is 0.256 e. The van der Waals surface area contributed by atoms with E-state index in [0.717, 1.165) is 22.4 Å². The Morgan fingerprint density at radius 2 is 1.90 bits per heavy atom. The van der Waals surface area contributed by atoms with Gasteiger partial charge in [-0.25, -0.2) is 0 Å². The van der Waals surface area contributed by atoms with E-state index in [0.29, 0.717) is 15.6 Å². The van der Waals surface area contributed by atoms with Gasteiger partial charge in [-0.1, -0.05) is 40.9 Å². The Balaban J connectivity index is 2.13. The van der Waals surface area contributed by atoms with Gasteiger partial charge < -0.3 is 5.32 Å². The second-order valence-corrected chi connectivity index (χ2v) is 5.57. The van der Waals surface area contributed by atoms with E-state index >= 15 is 0 Å². The lowest BCUT2D eigenvalue weighted by atomic mass is 10.0. The second kappa shape index (κ2) is 4.97. The monoisotopic (exact) mass is 303 g/mol. The molecule has 4 heteroatoms. The second-order valence-electron chi connectivity index (χ2n) is 4.73. The molecule has 1 aliphatic heterocycles. The van der Waals surface area contributed by atoms with Gasteiger partial charge in [-0.05, 0) is 42.8 Å². The summed E-state index contributed by atoms with van der Waals surface area (Å²) in [5.74, 6) is -0.114. The van der Waals surface area contributed by atoms with E-state index in [9.17, 15) is 4.79 Å². The minimum absolute atomic E-state index is 0.114. The highest BCUT2D eigenvalue weighted by Gasteiger charge is 2.24. The third kappa shape index (κ3) is 2.33. The maximum atomic E-state index is 12.1. The number of halogens is 2. The number of carbonyl (C=O) groups excluding carboxylic acids is 1. The SMILES string of the molecule is Cc1ccc2c(c1)/C(=C/c1ccc(Cl)cc1Cl)C(=O)N2. The van der Waals surface area contributed by atoms with Gasteiger partial charge in [0.25, 0.3) is 5.91 Å². The summed E-state index contributed by atoms with van der Waals surface area (Å²) in [4.78, 5) is 12.1. The van der Waals surface area contributed by atoms with Gasteiger partial charge in [-0.3, -0.25) is 4.79 Å². The third-order valence-electron chi connectivity index (χ3n) is 3.22. The van der Waals surface area contributed by atoms with E-state index in [1.165, 1.54) is 0 Å². The van der Waals surface area contributed by atoms with Gasteiger partial charge >= 0.3 is 0 Å². The van der Waals surface area contributed by atoms with Crippen LogP contribution in [0.25, 0.3) is 11.6 Å². The summed E-state index contributed by atoms with van der Waals surface area (Å²) >= 11 is 12.0. The first-order valence-corrected chi connectivity index (χ1v) is 6.89. The molecule has 3 rings (SSSR count). The molecule has 1 aliphatic rings. The van der Waals surface area contributed by atoms with E-state index < -0.39 is 0 Å². The summed E-state index contributed by atoms with van der Waals surface area (Å²) in [7, 11) is 0. The average molecular weight is 304 g/mol. The van der Waals surface area contributed by atoms with Crippen molar-refractivity contribution in [3.63, 3.8) is 0 Å². The molecule has 0 fully saturated rings. The van der Waals surface area contributed by atoms with Gasteiger partial charge in [0.1, 0.15) is 0 Å². The van der Waals surface area contributed by atoms with Crippen molar-refractivity contribution in [3.8, 4) is 0 Å². The number of amides is 1. The highest BCUT2D eigenvalue weighted by molar-refractivity contribution is 6.38. The lowest BCUT2D eigenvalue weighted by Crippen LogP contribution is -2.03. The molecule has 0 spiro atoms. The number of hydrogen-bond donors (Lipinski definition) is 1. The van der Waals surface area contributed by atoms with Crippen LogP contribution in [0.2, 0.25) is 10.0 Å². The molecule has 0 saturated carbocycles. The number of nitrogens with one attached hydrogen (secondary N) is 1. The van der Waals surface area contributed by atoms with Gasteiger partial charge in [-0.15, -0.1) is 0 Å². The molecule has 1 N–H and O–H groups in total. The first-order chi connectivity index (χ1) is 9.54. The number of fused-ring (bicyclic) bond motifs is 1. The Labute approximate surface area is 127 Å². The summed E-state index contributed by atoms with van der Waals surface area (Å²) in [6.45, 7) is 2.00. The zero-order valence-corrected chi connectivity index (χ0v) is 12.2. The van der Waals surface area contributed by atoms with Crippen LogP contribution in [0.4, 0.5) is 5.69 Å². The Morgan fingerprint density at radius 1 is 1.10 bits per heavy atom. The van der Waals surface area contributed by atoms with Crippen molar-refractivity contribution in [2.75, 3.05) is 5.32 Å². The van der Waals surface area contributed by atoms with Crippen LogP contribution in [0.1, 0.15) is 16.7 Å². The van der Waals surface area contributed by atoms with Crippen LogP contribution in [0, 0.1) is 6.92 Å². The first kappa shape index (κ1) is 13.2. The van der Waals surface area contributed by atoms with E-state index in [1.807, 2.05) is 25.1 Å². The molecule has 0 radical (unpaired) electrons. The average Bonchev–Trinajstić information content (AvgIpc) is 2.69. The summed E-state index contributed by atoms with van der Waals surface area (Å²) in [5.41, 5.74) is 4.23. The third-order valence-corrected chi connectivity index (χ3v) is 3.78. The number of hydrogen-bond acceptors (Lipinski definition) is 1. The summed E-state index contributed by atoms with van der Waals surface area (Å²) < 4.78 is 0. The van der Waals surface area contributed by atoms with Crippen LogP contribution in [-0.4, -0.2) is 5.91 Å². The predicted molar refractivity (Wildman–Crippen MR) is 84.1 cm³/mol. The lowest BCUT2D eigenvalue weighted by molar-refractivity contribution is -0.110. The Hall–Kier alpha value is -1.77. The van der Waals surface area contributed by atoms with Crippen LogP contribution in [-0.2, 0) is 4.79 Å². The van der Waals surface area contributed by atoms with Crippen LogP contribution in [0.3, 0.4) is 0 Å². The molecule has 0 atom stereocenters. The topological polar surface area (TPSA) is 29.1 Å². The van der Waals surface area contributed by atoms with Gasteiger partial charge in [0.15, 0.2) is 0 Å². The van der Waals surface area contributed by atoms with E-state index in [-0.39, 0.29) is 5.91 Å². The molecule has 2 aromatic carbocycles. The number of anilines is 1. The number of benzene rings is 2. The molecule has 2 aromatic rings. The van der Waals surface area contributed by atoms with Crippen LogP contribution in [0.15, 0.2) is 36.4 Å². The van der Waals surface area contributed by atoms with E-state index in [4.69, 9.17) is 23.2 Å². The standard InChI is InChI=1S/C16H11Cl2NO/c1-9-2-5-15-12(6-9)13(16(20)19-15)7-10-3-4-11(17)8-14(10)18/h2-8H,1H3,(H,19,20)/b13-7-. The fourth-order valence-electron chi connectivity index (χ4n) is 2.22. The molecule has 0 unspecified atom stereocenters. The molecule has 0 bridgehead atoms. The first-order valence-electron chi connectivity index (χ1n) is 6.14. The maximum absolute atomic E-state index is 12.1. The largest absolute Gasteiger partial charge is 0.321 e. The van der Waals surface area contributed by atoms with Crippen molar-refractivity contribution in [3.05, 3.63) is 63.1 Å².